The fraction of sp³-hybridized carbons (Fsp3) is 0.333. The number of hydrogen-bond donors (Lipinski definition) is 4. The Hall–Kier alpha value is -4.34. The first-order chi connectivity index (χ1) is 17.9. The molecule has 0 aliphatic carbocycles. The van der Waals surface area contributed by atoms with Gasteiger partial charge in [0.15, 0.2) is 5.82 Å². The molecule has 0 aliphatic rings. The Morgan fingerprint density at radius 3 is 2.08 bits per heavy atom. The van der Waals surface area contributed by atoms with E-state index in [0.717, 1.165) is 16.7 Å². The second kappa shape index (κ2) is 13.7. The number of ether oxygens (including phenoxy) is 2. The van der Waals surface area contributed by atoms with Crippen LogP contribution in [0.2, 0.25) is 0 Å². The van der Waals surface area contributed by atoms with Crippen LogP contribution < -0.4 is 30.7 Å². The van der Waals surface area contributed by atoms with Crippen molar-refractivity contribution in [2.24, 2.45) is 0 Å². The lowest BCUT2D eigenvalue weighted by Crippen LogP contribution is -2.30. The zero-order valence-electron chi connectivity index (χ0n) is 21.7. The van der Waals surface area contributed by atoms with Crippen molar-refractivity contribution in [2.45, 2.75) is 20.3 Å². The van der Waals surface area contributed by atoms with Gasteiger partial charge in [-0.05, 0) is 25.1 Å². The number of hydrogen-bond acceptors (Lipinski definition) is 8. The number of carbonyl (C=O) groups excluding carboxylic acids is 2. The molecule has 37 heavy (non-hydrogen) atoms. The molecule has 10 nitrogen and oxygen atoms in total. The number of aromatic nitrogens is 2. The van der Waals surface area contributed by atoms with E-state index in [1.807, 2.05) is 37.3 Å². The van der Waals surface area contributed by atoms with Crippen LogP contribution in [-0.2, 0) is 16.0 Å². The third-order valence-corrected chi connectivity index (χ3v) is 5.55. The topological polar surface area (TPSA) is 126 Å². The normalized spacial score (nSPS) is 10.4. The van der Waals surface area contributed by atoms with E-state index in [-0.39, 0.29) is 18.2 Å². The molecule has 0 saturated carbocycles. The van der Waals surface area contributed by atoms with Gasteiger partial charge in [-0.1, -0.05) is 30.3 Å². The second-order valence-corrected chi connectivity index (χ2v) is 8.28. The number of anilines is 2. The highest BCUT2D eigenvalue weighted by molar-refractivity contribution is 5.79. The Morgan fingerprint density at radius 1 is 0.838 bits per heavy atom. The minimum atomic E-state index is -0.127. The van der Waals surface area contributed by atoms with Crippen LogP contribution >= 0.6 is 0 Å². The smallest absolute Gasteiger partial charge is 0.224 e. The van der Waals surface area contributed by atoms with Gasteiger partial charge in [-0.15, -0.1) is 0 Å². The predicted octanol–water partition coefficient (Wildman–Crippen LogP) is 2.79. The highest BCUT2D eigenvalue weighted by Crippen LogP contribution is 2.25. The van der Waals surface area contributed by atoms with E-state index < -0.39 is 0 Å². The first kappa shape index (κ1) is 27.3. The van der Waals surface area contributed by atoms with Crippen LogP contribution in [-0.4, -0.2) is 62.2 Å². The molecule has 0 atom stereocenters. The Balaban J connectivity index is 1.63. The van der Waals surface area contributed by atoms with Crippen LogP contribution in [0, 0.1) is 6.92 Å². The molecule has 0 bridgehead atoms. The van der Waals surface area contributed by atoms with Crippen molar-refractivity contribution in [3.63, 3.8) is 0 Å². The summed E-state index contributed by atoms with van der Waals surface area (Å²) in [4.78, 5) is 33.1. The van der Waals surface area contributed by atoms with Gasteiger partial charge in [0, 0.05) is 49.8 Å². The summed E-state index contributed by atoms with van der Waals surface area (Å²) in [6, 6.07) is 15.1. The van der Waals surface area contributed by atoms with Gasteiger partial charge >= 0.3 is 0 Å². The van der Waals surface area contributed by atoms with E-state index in [2.05, 4.69) is 26.3 Å². The number of methoxy groups -OCH3 is 2. The average molecular weight is 507 g/mol. The van der Waals surface area contributed by atoms with E-state index in [1.54, 1.807) is 32.4 Å². The van der Waals surface area contributed by atoms with Gasteiger partial charge in [-0.3, -0.25) is 9.59 Å². The molecule has 3 rings (SSSR count). The number of carbonyl (C=O) groups is 2. The molecule has 10 heteroatoms. The van der Waals surface area contributed by atoms with Crippen LogP contribution in [0.15, 0.2) is 48.5 Å². The van der Waals surface area contributed by atoms with Crippen LogP contribution in [0.25, 0.3) is 11.4 Å². The van der Waals surface area contributed by atoms with Crippen LogP contribution in [0.1, 0.15) is 18.1 Å². The van der Waals surface area contributed by atoms with Gasteiger partial charge in [0.05, 0.1) is 20.6 Å². The van der Waals surface area contributed by atoms with E-state index in [0.29, 0.717) is 55.1 Å². The number of amides is 2. The van der Waals surface area contributed by atoms with Gasteiger partial charge in [0.2, 0.25) is 11.8 Å². The fourth-order valence-electron chi connectivity index (χ4n) is 3.64. The quantitative estimate of drug-likeness (QED) is 0.261. The van der Waals surface area contributed by atoms with Crippen molar-refractivity contribution in [1.82, 2.24) is 20.6 Å². The number of rotatable bonds is 13. The van der Waals surface area contributed by atoms with E-state index in [9.17, 15) is 9.59 Å². The van der Waals surface area contributed by atoms with Crippen molar-refractivity contribution < 1.29 is 19.1 Å². The standard InChI is InChI=1S/C27H34N6O4/c1-18-25(30-14-12-28-19(2)34)32-27(20-8-6-5-7-9-20)33-26(18)31-15-13-29-24(35)17-21-16-22(36-3)10-11-23(21)37-4/h5-11,16H,12-15,17H2,1-4H3,(H,28,34)(H,29,35)(H2,30,31,32,33). The lowest BCUT2D eigenvalue weighted by Gasteiger charge is -2.16. The molecule has 196 valence electrons. The minimum absolute atomic E-state index is 0.0829. The summed E-state index contributed by atoms with van der Waals surface area (Å²) >= 11 is 0. The first-order valence-electron chi connectivity index (χ1n) is 12.0. The summed E-state index contributed by atoms with van der Waals surface area (Å²) in [5.41, 5.74) is 2.48. The fourth-order valence-corrected chi connectivity index (χ4v) is 3.64. The third kappa shape index (κ3) is 8.09. The molecule has 1 heterocycles. The second-order valence-electron chi connectivity index (χ2n) is 8.28. The molecule has 2 amide bonds. The minimum Gasteiger partial charge on any atom is -0.497 e. The van der Waals surface area contributed by atoms with Crippen molar-refractivity contribution in [3.8, 4) is 22.9 Å². The van der Waals surface area contributed by atoms with Gasteiger partial charge in [0.1, 0.15) is 23.1 Å². The molecule has 2 aromatic carbocycles. The summed E-state index contributed by atoms with van der Waals surface area (Å²) in [6.45, 7) is 5.28. The summed E-state index contributed by atoms with van der Waals surface area (Å²) in [6.07, 6.45) is 0.174. The molecule has 0 saturated heterocycles. The van der Waals surface area contributed by atoms with Gasteiger partial charge in [-0.2, -0.15) is 0 Å². The Kier molecular flexibility index (Phi) is 10.1. The molecule has 0 unspecified atom stereocenters. The van der Waals surface area contributed by atoms with Crippen LogP contribution in [0.4, 0.5) is 11.6 Å². The SMILES string of the molecule is COc1ccc(OC)c(CC(=O)NCCNc2nc(-c3ccccc3)nc(NCCNC(C)=O)c2C)c1. The molecular weight excluding hydrogens is 472 g/mol. The number of benzene rings is 2. The summed E-state index contributed by atoms with van der Waals surface area (Å²) < 4.78 is 10.6. The van der Waals surface area contributed by atoms with Crippen molar-refractivity contribution in [2.75, 3.05) is 51.0 Å². The molecular formula is C27H34N6O4. The summed E-state index contributed by atoms with van der Waals surface area (Å²) in [5.74, 6) is 3.01. The molecule has 0 radical (unpaired) electrons. The maximum absolute atomic E-state index is 12.5. The van der Waals surface area contributed by atoms with Gasteiger partial charge in [0.25, 0.3) is 0 Å². The highest BCUT2D eigenvalue weighted by Gasteiger charge is 2.13. The lowest BCUT2D eigenvalue weighted by atomic mass is 10.1. The Labute approximate surface area is 217 Å². The maximum Gasteiger partial charge on any atom is 0.224 e. The molecule has 1 aromatic heterocycles. The average Bonchev–Trinajstić information content (AvgIpc) is 2.90. The van der Waals surface area contributed by atoms with E-state index in [1.165, 1.54) is 6.92 Å². The largest absolute Gasteiger partial charge is 0.497 e. The lowest BCUT2D eigenvalue weighted by molar-refractivity contribution is -0.120. The highest BCUT2D eigenvalue weighted by atomic mass is 16.5. The molecule has 0 spiro atoms. The monoisotopic (exact) mass is 506 g/mol. The molecule has 0 fully saturated rings. The zero-order chi connectivity index (χ0) is 26.6. The van der Waals surface area contributed by atoms with Crippen LogP contribution in [0.3, 0.4) is 0 Å². The van der Waals surface area contributed by atoms with Crippen molar-refractivity contribution in [3.05, 3.63) is 59.7 Å². The van der Waals surface area contributed by atoms with Gasteiger partial charge < -0.3 is 30.7 Å². The maximum atomic E-state index is 12.5. The van der Waals surface area contributed by atoms with Crippen molar-refractivity contribution >= 4 is 23.5 Å². The van der Waals surface area contributed by atoms with Gasteiger partial charge in [-0.25, -0.2) is 9.97 Å². The summed E-state index contributed by atoms with van der Waals surface area (Å²) in [5, 5.41) is 12.3. The molecule has 3 aromatic rings. The molecule has 4 N–H and O–H groups in total. The molecule has 0 aliphatic heterocycles. The van der Waals surface area contributed by atoms with E-state index >= 15 is 0 Å². The van der Waals surface area contributed by atoms with Crippen LogP contribution in [0.5, 0.6) is 11.5 Å². The number of nitrogens with one attached hydrogen (secondary N) is 4. The first-order valence-corrected chi connectivity index (χ1v) is 12.0. The zero-order valence-corrected chi connectivity index (χ0v) is 21.7. The third-order valence-electron chi connectivity index (χ3n) is 5.55. The van der Waals surface area contributed by atoms with Crippen molar-refractivity contribution in [1.29, 1.82) is 0 Å². The number of nitrogens with zero attached hydrogens (tertiary/aromatic N) is 2. The Morgan fingerprint density at radius 2 is 1.49 bits per heavy atom. The predicted molar refractivity (Wildman–Crippen MR) is 144 cm³/mol. The summed E-state index contributed by atoms with van der Waals surface area (Å²) in [7, 11) is 3.16. The Bertz CT molecular complexity index is 1200. The van der Waals surface area contributed by atoms with E-state index in [4.69, 9.17) is 14.5 Å².